The van der Waals surface area contributed by atoms with Crippen molar-refractivity contribution in [3.8, 4) is 0 Å². The molecule has 2 aromatic rings. The van der Waals surface area contributed by atoms with Crippen molar-refractivity contribution < 1.29 is 4.79 Å². The number of H-pyrrole nitrogens is 1. The highest BCUT2D eigenvalue weighted by Gasteiger charge is 2.36. The van der Waals surface area contributed by atoms with Gasteiger partial charge in [-0.1, -0.05) is 19.3 Å². The molecule has 0 saturated heterocycles. The third kappa shape index (κ3) is 3.42. The smallest absolute Gasteiger partial charge is 0.280 e. The number of hydrogen-bond acceptors (Lipinski definition) is 5. The Morgan fingerprint density at radius 3 is 2.56 bits per heavy atom. The molecule has 1 aliphatic heterocycles. The number of aromatic amines is 1. The zero-order valence-electron chi connectivity index (χ0n) is 15.9. The second-order valence-corrected chi connectivity index (χ2v) is 9.30. The molecule has 146 valence electrons. The molecule has 1 amide bonds. The van der Waals surface area contributed by atoms with Crippen LogP contribution in [0, 0.1) is 0 Å². The maximum Gasteiger partial charge on any atom is 0.280 e. The third-order valence-corrected chi connectivity index (χ3v) is 7.16. The maximum atomic E-state index is 13.0. The highest BCUT2D eigenvalue weighted by Crippen LogP contribution is 2.32. The molecular weight excluding hydrogens is 380 g/mol. The van der Waals surface area contributed by atoms with Gasteiger partial charge in [0.1, 0.15) is 11.3 Å². The Labute approximate surface area is 167 Å². The van der Waals surface area contributed by atoms with Gasteiger partial charge < -0.3 is 9.88 Å². The standard InChI is InChI=1S/C19H26N4O2S2/c1-26-10-13(11-27-2)22-9-14-17(19(22)25)20-16-8-15(21-23(16)18(14)24)12-6-4-3-5-7-12/h8,12-13,20H,3-7,9-11H2,1-2H3. The van der Waals surface area contributed by atoms with Gasteiger partial charge in [0.2, 0.25) is 0 Å². The fourth-order valence-corrected chi connectivity index (χ4v) is 5.82. The van der Waals surface area contributed by atoms with Crippen molar-refractivity contribution in [2.45, 2.75) is 50.6 Å². The fraction of sp³-hybridized carbons (Fsp3) is 0.632. The Bertz CT molecular complexity index is 895. The number of hydrogen-bond donors (Lipinski definition) is 1. The lowest BCUT2D eigenvalue weighted by Crippen LogP contribution is -2.39. The fourth-order valence-electron chi connectivity index (χ4n) is 4.30. The first-order valence-corrected chi connectivity index (χ1v) is 12.4. The van der Waals surface area contributed by atoms with Crippen molar-refractivity contribution in [2.24, 2.45) is 0 Å². The molecule has 3 heterocycles. The molecule has 4 rings (SSSR count). The summed E-state index contributed by atoms with van der Waals surface area (Å²) in [6.07, 6.45) is 10.1. The lowest BCUT2D eigenvalue weighted by molar-refractivity contribution is 0.0733. The van der Waals surface area contributed by atoms with Crippen molar-refractivity contribution in [3.05, 3.63) is 33.4 Å². The Morgan fingerprint density at radius 2 is 1.89 bits per heavy atom. The minimum absolute atomic E-state index is 0.0573. The summed E-state index contributed by atoms with van der Waals surface area (Å²) in [5, 5.41) is 4.62. The Morgan fingerprint density at radius 1 is 1.19 bits per heavy atom. The van der Waals surface area contributed by atoms with Crippen LogP contribution in [0.15, 0.2) is 10.9 Å². The van der Waals surface area contributed by atoms with Crippen LogP contribution < -0.4 is 5.56 Å². The molecule has 1 fully saturated rings. The van der Waals surface area contributed by atoms with Gasteiger partial charge >= 0.3 is 0 Å². The number of rotatable bonds is 6. The predicted molar refractivity (Wildman–Crippen MR) is 112 cm³/mol. The van der Waals surface area contributed by atoms with Crippen molar-refractivity contribution in [2.75, 3.05) is 24.0 Å². The first-order chi connectivity index (χ1) is 13.1. The molecule has 8 heteroatoms. The van der Waals surface area contributed by atoms with E-state index in [-0.39, 0.29) is 17.5 Å². The molecule has 2 aliphatic rings. The number of thioether (sulfide) groups is 2. The van der Waals surface area contributed by atoms with Crippen LogP contribution in [0.3, 0.4) is 0 Å². The van der Waals surface area contributed by atoms with Crippen LogP contribution in [0.4, 0.5) is 0 Å². The van der Waals surface area contributed by atoms with Crippen LogP contribution in [0.25, 0.3) is 5.65 Å². The maximum absolute atomic E-state index is 13.0. The molecule has 2 aromatic heterocycles. The first-order valence-electron chi connectivity index (χ1n) is 9.57. The normalized spacial score (nSPS) is 18.0. The van der Waals surface area contributed by atoms with Crippen molar-refractivity contribution in [1.29, 1.82) is 0 Å². The largest absolute Gasteiger partial charge is 0.335 e. The van der Waals surface area contributed by atoms with E-state index < -0.39 is 0 Å². The summed E-state index contributed by atoms with van der Waals surface area (Å²) in [4.78, 5) is 31.1. The van der Waals surface area contributed by atoms with E-state index in [4.69, 9.17) is 0 Å². The minimum atomic E-state index is -0.149. The Balaban J connectivity index is 1.68. The van der Waals surface area contributed by atoms with Crippen LogP contribution in [0.5, 0.6) is 0 Å². The Hall–Kier alpha value is -1.41. The molecule has 1 saturated carbocycles. The molecule has 0 unspecified atom stereocenters. The van der Waals surface area contributed by atoms with Gasteiger partial charge in [-0.05, 0) is 25.4 Å². The zero-order chi connectivity index (χ0) is 19.0. The Kier molecular flexibility index (Phi) is 5.55. The average Bonchev–Trinajstić information content (AvgIpc) is 3.25. The van der Waals surface area contributed by atoms with Gasteiger partial charge in [0.05, 0.1) is 23.8 Å². The van der Waals surface area contributed by atoms with Gasteiger partial charge in [0.25, 0.3) is 11.5 Å². The second-order valence-electron chi connectivity index (χ2n) is 7.48. The second kappa shape index (κ2) is 7.91. The van der Waals surface area contributed by atoms with Gasteiger partial charge in [-0.3, -0.25) is 9.59 Å². The minimum Gasteiger partial charge on any atom is -0.335 e. The highest BCUT2D eigenvalue weighted by molar-refractivity contribution is 7.99. The summed E-state index contributed by atoms with van der Waals surface area (Å²) in [5.74, 6) is 2.12. The molecule has 6 nitrogen and oxygen atoms in total. The van der Waals surface area contributed by atoms with Crippen LogP contribution in [-0.4, -0.2) is 55.5 Å². The number of aromatic nitrogens is 3. The van der Waals surface area contributed by atoms with Gasteiger partial charge in [-0.2, -0.15) is 33.1 Å². The van der Waals surface area contributed by atoms with Gasteiger partial charge in [-0.15, -0.1) is 0 Å². The van der Waals surface area contributed by atoms with E-state index in [0.29, 0.717) is 29.4 Å². The van der Waals surface area contributed by atoms with Crippen molar-refractivity contribution in [1.82, 2.24) is 19.5 Å². The highest BCUT2D eigenvalue weighted by atomic mass is 32.2. The van der Waals surface area contributed by atoms with E-state index in [1.54, 1.807) is 23.5 Å². The van der Waals surface area contributed by atoms with Crippen LogP contribution in [-0.2, 0) is 6.54 Å². The van der Waals surface area contributed by atoms with Crippen LogP contribution in [0.1, 0.15) is 59.8 Å². The summed E-state index contributed by atoms with van der Waals surface area (Å²) in [7, 11) is 0. The summed E-state index contributed by atoms with van der Waals surface area (Å²) in [6, 6.07) is 2.10. The summed E-state index contributed by atoms with van der Waals surface area (Å²) in [6.45, 7) is 0.379. The molecule has 1 aliphatic carbocycles. The molecule has 0 spiro atoms. The molecule has 0 aromatic carbocycles. The van der Waals surface area contributed by atoms with Crippen molar-refractivity contribution >= 4 is 35.1 Å². The van der Waals surface area contributed by atoms with Crippen LogP contribution >= 0.6 is 23.5 Å². The number of nitrogens with zero attached hydrogens (tertiary/aromatic N) is 3. The number of nitrogens with one attached hydrogen (secondary N) is 1. The number of fused-ring (bicyclic) bond motifs is 2. The number of carbonyl (C=O) groups is 1. The zero-order valence-corrected chi connectivity index (χ0v) is 17.5. The molecule has 27 heavy (non-hydrogen) atoms. The summed E-state index contributed by atoms with van der Waals surface area (Å²) >= 11 is 3.46. The van der Waals surface area contributed by atoms with E-state index in [9.17, 15) is 9.59 Å². The quantitative estimate of drug-likeness (QED) is 0.798. The van der Waals surface area contributed by atoms with Gasteiger partial charge in [0.15, 0.2) is 0 Å². The lowest BCUT2D eigenvalue weighted by Gasteiger charge is -2.26. The SMILES string of the molecule is CSCC(CSC)N1Cc2c([nH]c3cc(C4CCCCC4)nn3c2=O)C1=O. The van der Waals surface area contributed by atoms with E-state index >= 15 is 0 Å². The molecule has 0 atom stereocenters. The van der Waals surface area contributed by atoms with E-state index in [1.165, 1.54) is 23.8 Å². The molecule has 1 N–H and O–H groups in total. The van der Waals surface area contributed by atoms with E-state index in [1.807, 2.05) is 23.5 Å². The summed E-state index contributed by atoms with van der Waals surface area (Å²) < 4.78 is 1.47. The molecule has 0 radical (unpaired) electrons. The van der Waals surface area contributed by atoms with Gasteiger partial charge in [0, 0.05) is 23.5 Å². The topological polar surface area (TPSA) is 70.5 Å². The van der Waals surface area contributed by atoms with Crippen molar-refractivity contribution in [3.63, 3.8) is 0 Å². The van der Waals surface area contributed by atoms with Gasteiger partial charge in [-0.25, -0.2) is 0 Å². The third-order valence-electron chi connectivity index (χ3n) is 5.72. The number of carbonyl (C=O) groups excluding carboxylic acids is 1. The molecular formula is C19H26N4O2S2. The van der Waals surface area contributed by atoms with E-state index in [2.05, 4.69) is 10.1 Å². The molecule has 0 bridgehead atoms. The lowest BCUT2D eigenvalue weighted by atomic mass is 9.87. The number of amides is 1. The summed E-state index contributed by atoms with van der Waals surface area (Å²) in [5.41, 5.74) is 2.48. The van der Waals surface area contributed by atoms with Crippen LogP contribution in [0.2, 0.25) is 0 Å². The predicted octanol–water partition coefficient (Wildman–Crippen LogP) is 3.12. The average molecular weight is 407 g/mol. The van der Waals surface area contributed by atoms with E-state index in [0.717, 1.165) is 30.0 Å². The monoisotopic (exact) mass is 406 g/mol. The first kappa shape index (κ1) is 18.9.